The minimum Gasteiger partial charge on any atom is -0.374 e. The summed E-state index contributed by atoms with van der Waals surface area (Å²) in [5.41, 5.74) is 2.38. The van der Waals surface area contributed by atoms with Gasteiger partial charge in [0, 0.05) is 12.6 Å². The molecule has 0 aromatic carbocycles. The quantitative estimate of drug-likeness (QED) is 0.904. The summed E-state index contributed by atoms with van der Waals surface area (Å²) in [5.74, 6) is 0. The van der Waals surface area contributed by atoms with Gasteiger partial charge in [-0.1, -0.05) is 6.92 Å². The van der Waals surface area contributed by atoms with Gasteiger partial charge in [0.1, 0.15) is 0 Å². The lowest BCUT2D eigenvalue weighted by atomic mass is 10.1. The zero-order valence-corrected chi connectivity index (χ0v) is 13.2. The van der Waals surface area contributed by atoms with E-state index in [1.165, 1.54) is 24.9 Å². The minimum absolute atomic E-state index is 0.322. The van der Waals surface area contributed by atoms with Gasteiger partial charge in [0.2, 0.25) is 0 Å². The summed E-state index contributed by atoms with van der Waals surface area (Å²) < 4.78 is 5.89. The molecule has 1 aromatic heterocycles. The van der Waals surface area contributed by atoms with Crippen LogP contribution in [0.15, 0.2) is 18.3 Å². The van der Waals surface area contributed by atoms with Crippen LogP contribution in [0.3, 0.4) is 0 Å². The molecule has 1 saturated carbocycles. The molecule has 0 spiro atoms. The molecular formula is C17H27N3O. The largest absolute Gasteiger partial charge is 0.374 e. The maximum Gasteiger partial charge on any atom is 0.0779 e. The van der Waals surface area contributed by atoms with Gasteiger partial charge in [0.25, 0.3) is 0 Å². The average Bonchev–Trinajstić information content (AvgIpc) is 3.01. The molecule has 116 valence electrons. The zero-order chi connectivity index (χ0) is 14.7. The number of nitrogens with one attached hydrogen (secondary N) is 1. The Bertz CT molecular complexity index is 448. The Labute approximate surface area is 127 Å². The van der Waals surface area contributed by atoms with Crippen LogP contribution in [0, 0.1) is 0 Å². The standard InChI is InChI=1S/C17H27N3O/c1-3-9-18-13(2)15-8-7-14(12-19-15)20-10-11-21-17-6-4-5-16(17)20/h7-8,12-13,16-18H,3-6,9-11H2,1-2H3. The summed E-state index contributed by atoms with van der Waals surface area (Å²) in [6.07, 6.45) is 7.38. The highest BCUT2D eigenvalue weighted by Crippen LogP contribution is 2.33. The van der Waals surface area contributed by atoms with Gasteiger partial charge in [-0.2, -0.15) is 0 Å². The fourth-order valence-electron chi connectivity index (χ4n) is 3.54. The minimum atomic E-state index is 0.322. The second-order valence-electron chi connectivity index (χ2n) is 6.22. The zero-order valence-electron chi connectivity index (χ0n) is 13.2. The van der Waals surface area contributed by atoms with Crippen molar-refractivity contribution in [2.45, 2.75) is 57.7 Å². The van der Waals surface area contributed by atoms with Gasteiger partial charge in [-0.15, -0.1) is 0 Å². The van der Waals surface area contributed by atoms with Gasteiger partial charge >= 0.3 is 0 Å². The summed E-state index contributed by atoms with van der Waals surface area (Å²) in [6, 6.07) is 5.28. The van der Waals surface area contributed by atoms with Gasteiger partial charge in [0.15, 0.2) is 0 Å². The Morgan fingerprint density at radius 1 is 1.43 bits per heavy atom. The maximum atomic E-state index is 5.89. The van der Waals surface area contributed by atoms with E-state index in [-0.39, 0.29) is 0 Å². The van der Waals surface area contributed by atoms with Crippen LogP contribution in [-0.2, 0) is 4.74 Å². The van der Waals surface area contributed by atoms with Crippen LogP contribution in [0.2, 0.25) is 0 Å². The number of rotatable bonds is 5. The van der Waals surface area contributed by atoms with E-state index in [0.717, 1.165) is 31.8 Å². The Hall–Kier alpha value is -1.13. The fourth-order valence-corrected chi connectivity index (χ4v) is 3.54. The molecule has 0 bridgehead atoms. The van der Waals surface area contributed by atoms with E-state index in [0.29, 0.717) is 18.2 Å². The first kappa shape index (κ1) is 14.8. The molecule has 0 radical (unpaired) electrons. The molecule has 4 heteroatoms. The highest BCUT2D eigenvalue weighted by atomic mass is 16.5. The lowest BCUT2D eigenvalue weighted by Gasteiger charge is -2.39. The van der Waals surface area contributed by atoms with Gasteiger partial charge in [-0.05, 0) is 51.3 Å². The van der Waals surface area contributed by atoms with E-state index in [1.54, 1.807) is 0 Å². The van der Waals surface area contributed by atoms with Crippen molar-refractivity contribution in [2.75, 3.05) is 24.6 Å². The first-order valence-electron chi connectivity index (χ1n) is 8.37. The third-order valence-electron chi connectivity index (χ3n) is 4.73. The molecule has 4 nitrogen and oxygen atoms in total. The van der Waals surface area contributed by atoms with Crippen LogP contribution >= 0.6 is 0 Å². The highest BCUT2D eigenvalue weighted by Gasteiger charge is 2.36. The van der Waals surface area contributed by atoms with E-state index in [2.05, 4.69) is 41.2 Å². The van der Waals surface area contributed by atoms with Crippen molar-refractivity contribution in [3.63, 3.8) is 0 Å². The predicted molar refractivity (Wildman–Crippen MR) is 85.7 cm³/mol. The molecule has 21 heavy (non-hydrogen) atoms. The summed E-state index contributed by atoms with van der Waals surface area (Å²) in [5, 5.41) is 3.49. The number of ether oxygens (including phenoxy) is 1. The third-order valence-corrected chi connectivity index (χ3v) is 4.73. The first-order valence-corrected chi connectivity index (χ1v) is 8.37. The lowest BCUT2D eigenvalue weighted by molar-refractivity contribution is 0.0256. The molecule has 2 aliphatic rings. The highest BCUT2D eigenvalue weighted by molar-refractivity contribution is 5.47. The summed E-state index contributed by atoms with van der Waals surface area (Å²) in [6.45, 7) is 7.24. The van der Waals surface area contributed by atoms with Crippen molar-refractivity contribution in [1.29, 1.82) is 0 Å². The van der Waals surface area contributed by atoms with Crippen LogP contribution in [0.1, 0.15) is 51.3 Å². The van der Waals surface area contributed by atoms with E-state index in [1.807, 2.05) is 6.20 Å². The lowest BCUT2D eigenvalue weighted by Crippen LogP contribution is -2.48. The van der Waals surface area contributed by atoms with E-state index >= 15 is 0 Å². The molecule has 1 aromatic rings. The molecule has 1 aliphatic carbocycles. The normalized spacial score (nSPS) is 26.7. The van der Waals surface area contributed by atoms with Crippen LogP contribution < -0.4 is 10.2 Å². The molecule has 2 heterocycles. The number of pyridine rings is 1. The molecule has 1 N–H and O–H groups in total. The summed E-state index contributed by atoms with van der Waals surface area (Å²) >= 11 is 0. The molecule has 3 rings (SSSR count). The van der Waals surface area contributed by atoms with Crippen LogP contribution in [0.4, 0.5) is 5.69 Å². The number of anilines is 1. The Morgan fingerprint density at radius 3 is 3.10 bits per heavy atom. The van der Waals surface area contributed by atoms with Crippen molar-refractivity contribution in [2.24, 2.45) is 0 Å². The van der Waals surface area contributed by atoms with Crippen molar-refractivity contribution in [3.8, 4) is 0 Å². The van der Waals surface area contributed by atoms with Crippen LogP contribution in [0.5, 0.6) is 0 Å². The second-order valence-corrected chi connectivity index (χ2v) is 6.22. The monoisotopic (exact) mass is 289 g/mol. The van der Waals surface area contributed by atoms with Crippen LogP contribution in [0.25, 0.3) is 0 Å². The number of fused-ring (bicyclic) bond motifs is 1. The summed E-state index contributed by atoms with van der Waals surface area (Å²) in [7, 11) is 0. The number of aromatic nitrogens is 1. The van der Waals surface area contributed by atoms with E-state index < -0.39 is 0 Å². The third kappa shape index (κ3) is 3.22. The van der Waals surface area contributed by atoms with Gasteiger partial charge in [-0.3, -0.25) is 4.98 Å². The molecule has 1 saturated heterocycles. The second kappa shape index (κ2) is 6.75. The Morgan fingerprint density at radius 2 is 2.33 bits per heavy atom. The smallest absolute Gasteiger partial charge is 0.0779 e. The van der Waals surface area contributed by atoms with Crippen molar-refractivity contribution in [3.05, 3.63) is 24.0 Å². The Balaban J connectivity index is 1.68. The SMILES string of the molecule is CCCNC(C)c1ccc(N2CCOC3CCCC32)cn1. The topological polar surface area (TPSA) is 37.4 Å². The molecule has 1 aliphatic heterocycles. The fraction of sp³-hybridized carbons (Fsp3) is 0.706. The molecular weight excluding hydrogens is 262 g/mol. The van der Waals surface area contributed by atoms with Gasteiger partial charge < -0.3 is 15.0 Å². The predicted octanol–water partition coefficient (Wildman–Crippen LogP) is 2.90. The number of hydrogen-bond donors (Lipinski definition) is 1. The maximum absolute atomic E-state index is 5.89. The molecule has 3 unspecified atom stereocenters. The van der Waals surface area contributed by atoms with Crippen molar-refractivity contribution >= 4 is 5.69 Å². The number of hydrogen-bond acceptors (Lipinski definition) is 4. The first-order chi connectivity index (χ1) is 10.3. The number of nitrogens with zero attached hydrogens (tertiary/aromatic N) is 2. The van der Waals surface area contributed by atoms with Crippen molar-refractivity contribution in [1.82, 2.24) is 10.3 Å². The Kier molecular flexibility index (Phi) is 4.76. The van der Waals surface area contributed by atoms with Crippen LogP contribution in [-0.4, -0.2) is 36.8 Å². The molecule has 2 fully saturated rings. The number of morpholine rings is 1. The molecule has 0 amide bonds. The summed E-state index contributed by atoms with van der Waals surface area (Å²) in [4.78, 5) is 7.18. The van der Waals surface area contributed by atoms with E-state index in [4.69, 9.17) is 4.74 Å². The average molecular weight is 289 g/mol. The van der Waals surface area contributed by atoms with Crippen molar-refractivity contribution < 1.29 is 4.74 Å². The molecule has 3 atom stereocenters. The van der Waals surface area contributed by atoms with Gasteiger partial charge in [-0.25, -0.2) is 0 Å². The van der Waals surface area contributed by atoms with Gasteiger partial charge in [0.05, 0.1) is 36.3 Å². The van der Waals surface area contributed by atoms with E-state index in [9.17, 15) is 0 Å².